The molecule has 1 atom stereocenters. The van der Waals surface area contributed by atoms with Gasteiger partial charge >= 0.3 is 6.36 Å². The number of nitrogens with two attached hydrogens (primary N) is 1. The van der Waals surface area contributed by atoms with Gasteiger partial charge in [-0.3, -0.25) is 0 Å². The molecule has 0 amide bonds. The van der Waals surface area contributed by atoms with E-state index in [0.717, 1.165) is 5.56 Å². The molecule has 3 nitrogen and oxygen atoms in total. The summed E-state index contributed by atoms with van der Waals surface area (Å²) in [5, 5.41) is 9.88. The van der Waals surface area contributed by atoms with Gasteiger partial charge in [0.05, 0.1) is 6.04 Å². The SMILES string of the molecule is Cc1ccc([C@@H](N)c2ccc(OC(F)(F)F)cc2)c(O)c1. The lowest BCUT2D eigenvalue weighted by Crippen LogP contribution is -2.17. The quantitative estimate of drug-likeness (QED) is 0.909. The highest BCUT2D eigenvalue weighted by atomic mass is 19.4. The third-order valence-corrected chi connectivity index (χ3v) is 2.99. The van der Waals surface area contributed by atoms with Crippen molar-refractivity contribution >= 4 is 0 Å². The molecule has 0 saturated heterocycles. The normalized spacial score (nSPS) is 13.0. The molecule has 0 spiro atoms. The molecule has 0 unspecified atom stereocenters. The van der Waals surface area contributed by atoms with Gasteiger partial charge in [-0.1, -0.05) is 24.3 Å². The molecular weight excluding hydrogens is 283 g/mol. The molecule has 0 bridgehead atoms. The van der Waals surface area contributed by atoms with Crippen LogP contribution >= 0.6 is 0 Å². The molecule has 0 radical (unpaired) electrons. The number of aromatic hydroxyl groups is 1. The molecule has 0 saturated carbocycles. The number of hydrogen-bond acceptors (Lipinski definition) is 3. The van der Waals surface area contributed by atoms with Crippen LogP contribution in [0, 0.1) is 6.92 Å². The molecule has 0 aliphatic rings. The summed E-state index contributed by atoms with van der Waals surface area (Å²) in [4.78, 5) is 0. The van der Waals surface area contributed by atoms with Crippen LogP contribution in [0.3, 0.4) is 0 Å². The first-order chi connectivity index (χ1) is 9.76. The fourth-order valence-corrected chi connectivity index (χ4v) is 1.97. The Morgan fingerprint density at radius 1 is 1.10 bits per heavy atom. The summed E-state index contributed by atoms with van der Waals surface area (Å²) in [7, 11) is 0. The van der Waals surface area contributed by atoms with E-state index in [0.29, 0.717) is 11.1 Å². The van der Waals surface area contributed by atoms with Crippen LogP contribution in [0.15, 0.2) is 42.5 Å². The first-order valence-electron chi connectivity index (χ1n) is 6.17. The number of ether oxygens (including phenoxy) is 1. The maximum Gasteiger partial charge on any atom is 0.573 e. The van der Waals surface area contributed by atoms with Crippen molar-refractivity contribution in [2.45, 2.75) is 19.3 Å². The molecule has 6 heteroatoms. The van der Waals surface area contributed by atoms with Crippen molar-refractivity contribution in [3.8, 4) is 11.5 Å². The molecule has 2 aromatic carbocycles. The molecule has 2 aromatic rings. The van der Waals surface area contributed by atoms with Crippen molar-refractivity contribution < 1.29 is 23.0 Å². The number of aryl methyl sites for hydroxylation is 1. The van der Waals surface area contributed by atoms with Crippen LogP contribution in [0.5, 0.6) is 11.5 Å². The molecule has 2 rings (SSSR count). The summed E-state index contributed by atoms with van der Waals surface area (Å²) in [6.07, 6.45) is -4.72. The van der Waals surface area contributed by atoms with Gasteiger partial charge in [0.1, 0.15) is 11.5 Å². The van der Waals surface area contributed by atoms with Crippen molar-refractivity contribution in [1.29, 1.82) is 0 Å². The van der Waals surface area contributed by atoms with Crippen LogP contribution in [0.4, 0.5) is 13.2 Å². The zero-order valence-electron chi connectivity index (χ0n) is 11.2. The van der Waals surface area contributed by atoms with Crippen molar-refractivity contribution in [2.24, 2.45) is 5.73 Å². The average Bonchev–Trinajstić information content (AvgIpc) is 2.37. The minimum absolute atomic E-state index is 0.0538. The predicted octanol–water partition coefficient (Wildman–Crippen LogP) is 3.65. The van der Waals surface area contributed by atoms with Gasteiger partial charge in [-0.15, -0.1) is 13.2 Å². The minimum Gasteiger partial charge on any atom is -0.508 e. The number of phenolic OH excluding ortho intramolecular Hbond substituents is 1. The Morgan fingerprint density at radius 2 is 1.71 bits per heavy atom. The van der Waals surface area contributed by atoms with Gasteiger partial charge in [-0.2, -0.15) is 0 Å². The Bertz CT molecular complexity index is 624. The van der Waals surface area contributed by atoms with E-state index in [1.54, 1.807) is 18.2 Å². The fraction of sp³-hybridized carbons (Fsp3) is 0.200. The Hall–Kier alpha value is -2.21. The topological polar surface area (TPSA) is 55.5 Å². The standard InChI is InChI=1S/C15H14F3NO2/c1-9-2-7-12(13(20)8-9)14(19)10-3-5-11(6-4-10)21-15(16,17)18/h2-8,14,20H,19H2,1H3/t14-/m0/s1. The lowest BCUT2D eigenvalue weighted by molar-refractivity contribution is -0.274. The monoisotopic (exact) mass is 297 g/mol. The summed E-state index contributed by atoms with van der Waals surface area (Å²) < 4.78 is 40.0. The lowest BCUT2D eigenvalue weighted by Gasteiger charge is -2.15. The highest BCUT2D eigenvalue weighted by Crippen LogP contribution is 2.30. The van der Waals surface area contributed by atoms with Crippen LogP contribution < -0.4 is 10.5 Å². The lowest BCUT2D eigenvalue weighted by atomic mass is 9.98. The predicted molar refractivity (Wildman–Crippen MR) is 72.0 cm³/mol. The fourth-order valence-electron chi connectivity index (χ4n) is 1.97. The van der Waals surface area contributed by atoms with Crippen molar-refractivity contribution in [3.05, 3.63) is 59.2 Å². The number of halogens is 3. The summed E-state index contributed by atoms with van der Waals surface area (Å²) in [6.45, 7) is 1.83. The number of benzene rings is 2. The van der Waals surface area contributed by atoms with Gasteiger partial charge in [0.2, 0.25) is 0 Å². The average molecular weight is 297 g/mol. The second kappa shape index (κ2) is 5.65. The van der Waals surface area contributed by atoms with E-state index >= 15 is 0 Å². The number of phenols is 1. The number of hydrogen-bond donors (Lipinski definition) is 2. The number of rotatable bonds is 3. The van der Waals surface area contributed by atoms with E-state index in [2.05, 4.69) is 4.74 Å². The smallest absolute Gasteiger partial charge is 0.508 e. The molecule has 0 aliphatic heterocycles. The van der Waals surface area contributed by atoms with Gasteiger partial charge < -0.3 is 15.6 Å². The molecule has 21 heavy (non-hydrogen) atoms. The highest BCUT2D eigenvalue weighted by Gasteiger charge is 2.31. The van der Waals surface area contributed by atoms with Crippen molar-refractivity contribution in [1.82, 2.24) is 0 Å². The van der Waals surface area contributed by atoms with Gasteiger partial charge in [-0.25, -0.2) is 0 Å². The Balaban J connectivity index is 2.22. The maximum absolute atomic E-state index is 12.1. The zero-order chi connectivity index (χ0) is 15.6. The van der Waals surface area contributed by atoms with Crippen LogP contribution in [0.1, 0.15) is 22.7 Å². The zero-order valence-corrected chi connectivity index (χ0v) is 11.2. The van der Waals surface area contributed by atoms with Gasteiger partial charge in [0, 0.05) is 5.56 Å². The summed E-state index contributed by atoms with van der Waals surface area (Å²) in [6, 6.07) is 9.69. The van der Waals surface area contributed by atoms with E-state index in [9.17, 15) is 18.3 Å². The van der Waals surface area contributed by atoms with E-state index in [1.807, 2.05) is 6.92 Å². The van der Waals surface area contributed by atoms with Gasteiger partial charge in [0.25, 0.3) is 0 Å². The third kappa shape index (κ3) is 3.88. The van der Waals surface area contributed by atoms with Crippen LogP contribution in [-0.4, -0.2) is 11.5 Å². The first kappa shape index (κ1) is 15.2. The summed E-state index contributed by atoms with van der Waals surface area (Å²) in [5.41, 5.74) is 7.99. The molecule has 3 N–H and O–H groups in total. The Kier molecular flexibility index (Phi) is 4.09. The third-order valence-electron chi connectivity index (χ3n) is 2.99. The minimum atomic E-state index is -4.72. The van der Waals surface area contributed by atoms with Crippen LogP contribution in [0.2, 0.25) is 0 Å². The molecule has 0 heterocycles. The maximum atomic E-state index is 12.1. The largest absolute Gasteiger partial charge is 0.573 e. The Morgan fingerprint density at radius 3 is 2.24 bits per heavy atom. The van der Waals surface area contributed by atoms with E-state index in [4.69, 9.17) is 5.73 Å². The van der Waals surface area contributed by atoms with Gasteiger partial charge in [0.15, 0.2) is 0 Å². The van der Waals surface area contributed by atoms with Crippen molar-refractivity contribution in [2.75, 3.05) is 0 Å². The van der Waals surface area contributed by atoms with Crippen LogP contribution in [0.25, 0.3) is 0 Å². The summed E-state index contributed by atoms with van der Waals surface area (Å²) >= 11 is 0. The molecule has 0 fully saturated rings. The van der Waals surface area contributed by atoms with Gasteiger partial charge in [-0.05, 0) is 36.2 Å². The first-order valence-corrected chi connectivity index (χ1v) is 6.17. The molecular formula is C15H14F3NO2. The van der Waals surface area contributed by atoms with E-state index in [-0.39, 0.29) is 11.5 Å². The van der Waals surface area contributed by atoms with Crippen LogP contribution in [-0.2, 0) is 0 Å². The van der Waals surface area contributed by atoms with E-state index in [1.165, 1.54) is 24.3 Å². The summed E-state index contributed by atoms with van der Waals surface area (Å²) in [5.74, 6) is -0.260. The Labute approximate surface area is 119 Å². The molecule has 0 aliphatic carbocycles. The second-order valence-corrected chi connectivity index (χ2v) is 4.66. The number of alkyl halides is 3. The van der Waals surface area contributed by atoms with E-state index < -0.39 is 12.4 Å². The highest BCUT2D eigenvalue weighted by molar-refractivity contribution is 5.43. The van der Waals surface area contributed by atoms with Crippen molar-refractivity contribution in [3.63, 3.8) is 0 Å². The molecule has 0 aromatic heterocycles. The molecule has 112 valence electrons. The second-order valence-electron chi connectivity index (χ2n) is 4.66.